The van der Waals surface area contributed by atoms with E-state index in [-0.39, 0.29) is 5.56 Å². The average Bonchev–Trinajstić information content (AvgIpc) is 2.70. The number of aromatic nitrogens is 2. The van der Waals surface area contributed by atoms with Crippen LogP contribution in [-0.4, -0.2) is 20.8 Å². The Bertz CT molecular complexity index is 672. The van der Waals surface area contributed by atoms with E-state index < -0.39 is 6.10 Å². The Hall–Kier alpha value is -1.20. The van der Waals surface area contributed by atoms with Crippen LogP contribution >= 0.6 is 11.3 Å². The lowest BCUT2D eigenvalue weighted by molar-refractivity contribution is 0.172. The summed E-state index contributed by atoms with van der Waals surface area (Å²) in [7, 11) is 0. The Labute approximate surface area is 122 Å². The first-order chi connectivity index (χ1) is 9.66. The van der Waals surface area contributed by atoms with Crippen LogP contribution < -0.4 is 5.56 Å². The summed E-state index contributed by atoms with van der Waals surface area (Å²) in [6.45, 7) is 2.00. The fourth-order valence-electron chi connectivity index (χ4n) is 2.95. The van der Waals surface area contributed by atoms with Gasteiger partial charge in [0.1, 0.15) is 4.83 Å². The maximum Gasteiger partial charge on any atom is 0.262 e. The second-order valence-corrected chi connectivity index (χ2v) is 6.73. The lowest BCUT2D eigenvalue weighted by Crippen LogP contribution is -2.25. The van der Waals surface area contributed by atoms with Crippen LogP contribution in [0.25, 0.3) is 10.2 Å². The van der Waals surface area contributed by atoms with Crippen LogP contribution in [0.4, 0.5) is 0 Å². The van der Waals surface area contributed by atoms with E-state index >= 15 is 0 Å². The molecule has 1 aliphatic carbocycles. The largest absolute Gasteiger partial charge is 0.392 e. The summed E-state index contributed by atoms with van der Waals surface area (Å²) >= 11 is 1.68. The Balaban J connectivity index is 2.15. The van der Waals surface area contributed by atoms with Crippen molar-refractivity contribution in [3.63, 3.8) is 0 Å². The Morgan fingerprint density at radius 3 is 2.85 bits per heavy atom. The SMILES string of the molecule is C[C@H](O)Cn1cnc2sc3c(c2c1=O)CCCCCC3. The molecule has 0 saturated heterocycles. The third-order valence-corrected chi connectivity index (χ3v) is 5.10. The van der Waals surface area contributed by atoms with E-state index in [2.05, 4.69) is 4.98 Å². The minimum atomic E-state index is -0.535. The summed E-state index contributed by atoms with van der Waals surface area (Å²) in [6, 6.07) is 0. The van der Waals surface area contributed by atoms with Gasteiger partial charge in [0.15, 0.2) is 0 Å². The number of rotatable bonds is 2. The van der Waals surface area contributed by atoms with E-state index in [1.165, 1.54) is 29.7 Å². The summed E-state index contributed by atoms with van der Waals surface area (Å²) in [4.78, 5) is 19.3. The van der Waals surface area contributed by atoms with Gasteiger partial charge in [0.05, 0.1) is 24.4 Å². The normalized spacial score (nSPS) is 17.5. The summed E-state index contributed by atoms with van der Waals surface area (Å²) in [6.07, 6.45) is 8.00. The average molecular weight is 292 g/mol. The monoisotopic (exact) mass is 292 g/mol. The third kappa shape index (κ3) is 2.52. The van der Waals surface area contributed by atoms with Crippen LogP contribution in [0.2, 0.25) is 0 Å². The maximum absolute atomic E-state index is 12.6. The predicted molar refractivity (Wildman–Crippen MR) is 81.4 cm³/mol. The van der Waals surface area contributed by atoms with Crippen molar-refractivity contribution in [3.8, 4) is 0 Å². The highest BCUT2D eigenvalue weighted by atomic mass is 32.1. The molecular weight excluding hydrogens is 272 g/mol. The number of aliphatic hydroxyl groups is 1. The molecule has 0 saturated carbocycles. The molecule has 2 heterocycles. The van der Waals surface area contributed by atoms with Crippen molar-refractivity contribution in [3.05, 3.63) is 27.1 Å². The molecule has 0 spiro atoms. The van der Waals surface area contributed by atoms with Gasteiger partial charge in [-0.2, -0.15) is 0 Å². The number of aryl methyl sites for hydroxylation is 2. The van der Waals surface area contributed by atoms with Gasteiger partial charge in [-0.1, -0.05) is 12.8 Å². The first kappa shape index (κ1) is 13.8. The molecule has 0 unspecified atom stereocenters. The van der Waals surface area contributed by atoms with Crippen molar-refractivity contribution in [2.75, 3.05) is 0 Å². The van der Waals surface area contributed by atoms with Gasteiger partial charge in [-0.3, -0.25) is 9.36 Å². The van der Waals surface area contributed by atoms with E-state index in [0.717, 1.165) is 29.5 Å². The summed E-state index contributed by atoms with van der Waals surface area (Å²) in [5, 5.41) is 10.3. The quantitative estimate of drug-likeness (QED) is 0.925. The van der Waals surface area contributed by atoms with E-state index in [1.807, 2.05) is 0 Å². The standard InChI is InChI=1S/C15H20N2O2S/c1-10(18)8-17-9-16-14-13(15(17)19)11-6-4-2-3-5-7-12(11)20-14/h9-10,18H,2-8H2,1H3/t10-/m0/s1. The molecule has 5 heteroatoms. The van der Waals surface area contributed by atoms with Crippen molar-refractivity contribution >= 4 is 21.6 Å². The van der Waals surface area contributed by atoms with Gasteiger partial charge in [0.25, 0.3) is 5.56 Å². The number of thiophene rings is 1. The Kier molecular flexibility index (Phi) is 3.89. The minimum Gasteiger partial charge on any atom is -0.392 e. The maximum atomic E-state index is 12.6. The fourth-order valence-corrected chi connectivity index (χ4v) is 4.17. The molecule has 4 nitrogen and oxygen atoms in total. The Morgan fingerprint density at radius 2 is 2.10 bits per heavy atom. The molecule has 1 N–H and O–H groups in total. The lowest BCUT2D eigenvalue weighted by Gasteiger charge is -2.10. The lowest BCUT2D eigenvalue weighted by atomic mass is 9.98. The van der Waals surface area contributed by atoms with Crippen molar-refractivity contribution in [2.24, 2.45) is 0 Å². The molecule has 0 aliphatic heterocycles. The first-order valence-electron chi connectivity index (χ1n) is 7.34. The summed E-state index contributed by atoms with van der Waals surface area (Å²) in [5.74, 6) is 0. The van der Waals surface area contributed by atoms with Crippen molar-refractivity contribution < 1.29 is 5.11 Å². The highest BCUT2D eigenvalue weighted by Crippen LogP contribution is 2.32. The van der Waals surface area contributed by atoms with E-state index in [1.54, 1.807) is 29.2 Å². The third-order valence-electron chi connectivity index (χ3n) is 3.90. The summed E-state index contributed by atoms with van der Waals surface area (Å²) < 4.78 is 1.54. The van der Waals surface area contributed by atoms with Crippen molar-refractivity contribution in [1.82, 2.24) is 9.55 Å². The second-order valence-electron chi connectivity index (χ2n) is 5.65. The predicted octanol–water partition coefficient (Wildman–Crippen LogP) is 2.50. The number of nitrogens with zero attached hydrogens (tertiary/aromatic N) is 2. The molecule has 2 aromatic heterocycles. The molecule has 0 radical (unpaired) electrons. The van der Waals surface area contributed by atoms with Gasteiger partial charge >= 0.3 is 0 Å². The molecule has 1 aliphatic rings. The van der Waals surface area contributed by atoms with Crippen LogP contribution in [0.1, 0.15) is 43.0 Å². The first-order valence-corrected chi connectivity index (χ1v) is 8.16. The molecule has 0 fully saturated rings. The van der Waals surface area contributed by atoms with Crippen molar-refractivity contribution in [1.29, 1.82) is 0 Å². The number of aliphatic hydroxyl groups excluding tert-OH is 1. The van der Waals surface area contributed by atoms with E-state index in [0.29, 0.717) is 6.54 Å². The van der Waals surface area contributed by atoms with E-state index in [4.69, 9.17) is 0 Å². The molecule has 0 bridgehead atoms. The zero-order valence-electron chi connectivity index (χ0n) is 11.8. The Morgan fingerprint density at radius 1 is 1.35 bits per heavy atom. The highest BCUT2D eigenvalue weighted by Gasteiger charge is 2.18. The van der Waals surface area contributed by atoms with Crippen LogP contribution in [0.5, 0.6) is 0 Å². The van der Waals surface area contributed by atoms with E-state index in [9.17, 15) is 9.90 Å². The smallest absolute Gasteiger partial charge is 0.262 e. The van der Waals surface area contributed by atoms with Gasteiger partial charge in [-0.05, 0) is 38.2 Å². The number of fused-ring (bicyclic) bond motifs is 3. The zero-order valence-corrected chi connectivity index (χ0v) is 12.6. The number of hydrogen-bond donors (Lipinski definition) is 1. The van der Waals surface area contributed by atoms with Gasteiger partial charge < -0.3 is 5.11 Å². The van der Waals surface area contributed by atoms with Gasteiger partial charge in [0.2, 0.25) is 0 Å². The highest BCUT2D eigenvalue weighted by molar-refractivity contribution is 7.18. The molecule has 0 amide bonds. The minimum absolute atomic E-state index is 0.00831. The molecule has 1 atom stereocenters. The zero-order chi connectivity index (χ0) is 14.1. The molecule has 0 aromatic carbocycles. The van der Waals surface area contributed by atoms with Gasteiger partial charge in [-0.25, -0.2) is 4.98 Å². The van der Waals surface area contributed by atoms with Crippen LogP contribution in [0, 0.1) is 0 Å². The fraction of sp³-hybridized carbons (Fsp3) is 0.600. The van der Waals surface area contributed by atoms with Crippen molar-refractivity contribution in [2.45, 2.75) is 58.1 Å². The van der Waals surface area contributed by atoms with Crippen LogP contribution in [0.3, 0.4) is 0 Å². The molecular formula is C15H20N2O2S. The van der Waals surface area contributed by atoms with Gasteiger partial charge in [0, 0.05) is 4.88 Å². The van der Waals surface area contributed by atoms with Crippen LogP contribution in [0.15, 0.2) is 11.1 Å². The van der Waals surface area contributed by atoms with Gasteiger partial charge in [-0.15, -0.1) is 11.3 Å². The molecule has 20 heavy (non-hydrogen) atoms. The second kappa shape index (κ2) is 5.66. The molecule has 3 rings (SSSR count). The molecule has 108 valence electrons. The number of hydrogen-bond acceptors (Lipinski definition) is 4. The van der Waals surface area contributed by atoms with Crippen LogP contribution in [-0.2, 0) is 19.4 Å². The topological polar surface area (TPSA) is 55.1 Å². The molecule has 2 aromatic rings. The summed E-state index contributed by atoms with van der Waals surface area (Å²) in [5.41, 5.74) is 1.23.